The molecule has 1 saturated carbocycles. The molecule has 6 heteroatoms. The van der Waals surface area contributed by atoms with Crippen molar-refractivity contribution in [3.8, 4) is 0 Å². The highest BCUT2D eigenvalue weighted by Gasteiger charge is 2.81. The van der Waals surface area contributed by atoms with Gasteiger partial charge in [-0.2, -0.15) is 0 Å². The molecule has 2 heterocycles. The minimum Gasteiger partial charge on any atom is -0.480 e. The predicted octanol–water partition coefficient (Wildman–Crippen LogP) is 3.12. The molecule has 0 amide bonds. The predicted molar refractivity (Wildman–Crippen MR) is 87.4 cm³/mol. The molecule has 25 heavy (non-hydrogen) atoms. The van der Waals surface area contributed by atoms with Crippen LogP contribution in [0.4, 0.5) is 8.78 Å². The first kappa shape index (κ1) is 16.1. The molecule has 2 aromatic rings. The summed E-state index contributed by atoms with van der Waals surface area (Å²) in [5, 5.41) is 9.63. The molecule has 2 fully saturated rings. The molecule has 130 valence electrons. The fraction of sp³-hybridized carbons (Fsp3) is 0.368. The van der Waals surface area contributed by atoms with Crippen molar-refractivity contribution in [2.75, 3.05) is 13.1 Å². The van der Waals surface area contributed by atoms with E-state index in [0.29, 0.717) is 17.7 Å². The number of hydrogen-bond acceptors (Lipinski definition) is 3. The molecule has 1 aromatic carbocycles. The zero-order chi connectivity index (χ0) is 17.7. The Bertz CT molecular complexity index is 785. The van der Waals surface area contributed by atoms with Crippen molar-refractivity contribution in [1.29, 1.82) is 0 Å². The Labute approximate surface area is 144 Å². The Morgan fingerprint density at radius 2 is 2.00 bits per heavy atom. The van der Waals surface area contributed by atoms with Gasteiger partial charge in [-0.15, -0.1) is 0 Å². The molecule has 1 N–H and O–H groups in total. The maximum Gasteiger partial charge on any atom is 0.325 e. The van der Waals surface area contributed by atoms with Crippen molar-refractivity contribution < 1.29 is 18.7 Å². The van der Waals surface area contributed by atoms with Crippen LogP contribution in [-0.4, -0.2) is 40.0 Å². The third kappa shape index (κ3) is 2.28. The number of nitrogens with zero attached hydrogens (tertiary/aromatic N) is 2. The molecular formula is C19H18F2N2O2. The lowest BCUT2D eigenvalue weighted by Crippen LogP contribution is -2.41. The summed E-state index contributed by atoms with van der Waals surface area (Å²) in [7, 11) is 0. The number of rotatable bonds is 4. The maximum atomic E-state index is 14.7. The Morgan fingerprint density at radius 1 is 1.24 bits per heavy atom. The fourth-order valence-corrected chi connectivity index (χ4v) is 4.35. The fourth-order valence-electron chi connectivity index (χ4n) is 4.35. The van der Waals surface area contributed by atoms with E-state index in [4.69, 9.17) is 0 Å². The largest absolute Gasteiger partial charge is 0.480 e. The van der Waals surface area contributed by atoms with E-state index in [1.54, 1.807) is 47.5 Å². The number of hydrogen-bond donors (Lipinski definition) is 1. The first-order valence-corrected chi connectivity index (χ1v) is 8.28. The van der Waals surface area contributed by atoms with Crippen LogP contribution in [0.5, 0.6) is 0 Å². The number of likely N-dealkylation sites (tertiary alicyclic amines) is 1. The van der Waals surface area contributed by atoms with E-state index in [9.17, 15) is 18.7 Å². The van der Waals surface area contributed by atoms with Gasteiger partial charge in [0.2, 0.25) is 0 Å². The molecule has 2 aliphatic rings. The minimum atomic E-state index is -2.80. The quantitative estimate of drug-likeness (QED) is 0.926. The highest BCUT2D eigenvalue weighted by atomic mass is 19.3. The second-order valence-electron chi connectivity index (χ2n) is 6.78. The minimum absolute atomic E-state index is 0.0632. The molecule has 3 unspecified atom stereocenters. The maximum absolute atomic E-state index is 14.7. The summed E-state index contributed by atoms with van der Waals surface area (Å²) in [5.74, 6) is -4.69. The van der Waals surface area contributed by atoms with Gasteiger partial charge < -0.3 is 5.11 Å². The number of pyridine rings is 1. The summed E-state index contributed by atoms with van der Waals surface area (Å²) in [6.07, 6.45) is 3.30. The van der Waals surface area contributed by atoms with E-state index in [0.717, 1.165) is 0 Å². The van der Waals surface area contributed by atoms with E-state index >= 15 is 0 Å². The first-order chi connectivity index (χ1) is 12.0. The van der Waals surface area contributed by atoms with Gasteiger partial charge >= 0.3 is 5.97 Å². The smallest absolute Gasteiger partial charge is 0.325 e. The summed E-state index contributed by atoms with van der Waals surface area (Å²) < 4.78 is 29.4. The van der Waals surface area contributed by atoms with Crippen LogP contribution in [-0.2, 0) is 10.2 Å². The van der Waals surface area contributed by atoms with Crippen molar-refractivity contribution in [3.63, 3.8) is 0 Å². The number of aromatic nitrogens is 1. The van der Waals surface area contributed by atoms with Crippen molar-refractivity contribution in [2.45, 2.75) is 23.8 Å². The number of halogens is 2. The van der Waals surface area contributed by atoms with Gasteiger partial charge in [0.15, 0.2) is 0 Å². The standard InChI is InChI=1S/C19H18F2N2O2/c20-19(21)15-12-23(16(17(24)25)13-5-4-9-22-11-13)10-8-18(15,19)14-6-2-1-3-7-14/h1-7,9,11,15-16H,8,10,12H2,(H,24,25). The molecule has 1 saturated heterocycles. The zero-order valence-electron chi connectivity index (χ0n) is 13.5. The lowest BCUT2D eigenvalue weighted by atomic mass is 9.86. The molecular weight excluding hydrogens is 326 g/mol. The highest BCUT2D eigenvalue weighted by Crippen LogP contribution is 2.70. The summed E-state index contributed by atoms with van der Waals surface area (Å²) in [6, 6.07) is 11.3. The Hall–Kier alpha value is -2.34. The average molecular weight is 344 g/mol. The SMILES string of the molecule is O=C(O)C(c1cccnc1)N1CCC2(c3ccccc3)C(C1)C2(F)F. The van der Waals surface area contributed by atoms with E-state index in [-0.39, 0.29) is 13.0 Å². The van der Waals surface area contributed by atoms with Crippen LogP contribution in [0.1, 0.15) is 23.6 Å². The summed E-state index contributed by atoms with van der Waals surface area (Å²) in [6.45, 7) is 0.376. The molecule has 4 rings (SSSR count). The number of aliphatic carboxylic acids is 1. The molecule has 1 aliphatic carbocycles. The Balaban J connectivity index is 1.63. The van der Waals surface area contributed by atoms with E-state index in [1.165, 1.54) is 6.20 Å². The Kier molecular flexibility index (Phi) is 3.61. The van der Waals surface area contributed by atoms with Crippen LogP contribution in [0.25, 0.3) is 0 Å². The third-order valence-electron chi connectivity index (χ3n) is 5.64. The van der Waals surface area contributed by atoms with Crippen molar-refractivity contribution in [3.05, 3.63) is 66.0 Å². The number of carboxylic acids is 1. The summed E-state index contributed by atoms with van der Waals surface area (Å²) in [5.41, 5.74) is 0.0204. The van der Waals surface area contributed by atoms with Crippen LogP contribution in [0.3, 0.4) is 0 Å². The first-order valence-electron chi connectivity index (χ1n) is 8.28. The normalized spacial score (nSPS) is 28.8. The molecule has 1 aliphatic heterocycles. The lowest BCUT2D eigenvalue weighted by Gasteiger charge is -2.34. The highest BCUT2D eigenvalue weighted by molar-refractivity contribution is 5.75. The molecule has 0 spiro atoms. The van der Waals surface area contributed by atoms with Crippen molar-refractivity contribution >= 4 is 5.97 Å². The molecule has 4 nitrogen and oxygen atoms in total. The van der Waals surface area contributed by atoms with Gasteiger partial charge in [-0.1, -0.05) is 36.4 Å². The molecule has 0 radical (unpaired) electrons. The number of carbonyl (C=O) groups is 1. The van der Waals surface area contributed by atoms with E-state index < -0.39 is 29.3 Å². The van der Waals surface area contributed by atoms with Gasteiger partial charge in [-0.3, -0.25) is 14.7 Å². The van der Waals surface area contributed by atoms with Crippen molar-refractivity contribution in [1.82, 2.24) is 9.88 Å². The van der Waals surface area contributed by atoms with E-state index in [1.807, 2.05) is 6.07 Å². The number of benzene rings is 1. The van der Waals surface area contributed by atoms with Crippen LogP contribution in [0, 0.1) is 5.92 Å². The molecule has 3 atom stereocenters. The van der Waals surface area contributed by atoms with Gasteiger partial charge in [-0.05, 0) is 23.6 Å². The molecule has 1 aromatic heterocycles. The lowest BCUT2D eigenvalue weighted by molar-refractivity contribution is -0.144. The molecule has 0 bridgehead atoms. The Morgan fingerprint density at radius 3 is 2.60 bits per heavy atom. The van der Waals surface area contributed by atoms with Gasteiger partial charge in [-0.25, -0.2) is 8.78 Å². The monoisotopic (exact) mass is 344 g/mol. The zero-order valence-corrected chi connectivity index (χ0v) is 13.5. The number of alkyl halides is 2. The van der Waals surface area contributed by atoms with Crippen LogP contribution in [0.15, 0.2) is 54.9 Å². The average Bonchev–Trinajstić information content (AvgIpc) is 3.13. The van der Waals surface area contributed by atoms with Gasteiger partial charge in [0.1, 0.15) is 6.04 Å². The van der Waals surface area contributed by atoms with Crippen LogP contribution in [0.2, 0.25) is 0 Å². The van der Waals surface area contributed by atoms with Crippen LogP contribution < -0.4 is 0 Å². The number of piperidine rings is 1. The second-order valence-corrected chi connectivity index (χ2v) is 6.78. The second kappa shape index (κ2) is 5.59. The van der Waals surface area contributed by atoms with Crippen LogP contribution >= 0.6 is 0 Å². The number of fused-ring (bicyclic) bond motifs is 1. The van der Waals surface area contributed by atoms with E-state index in [2.05, 4.69) is 4.98 Å². The summed E-state index contributed by atoms with van der Waals surface area (Å²) in [4.78, 5) is 17.4. The summed E-state index contributed by atoms with van der Waals surface area (Å²) >= 11 is 0. The third-order valence-corrected chi connectivity index (χ3v) is 5.64. The van der Waals surface area contributed by atoms with Gasteiger partial charge in [0.25, 0.3) is 5.92 Å². The topological polar surface area (TPSA) is 53.4 Å². The van der Waals surface area contributed by atoms with Gasteiger partial charge in [0, 0.05) is 25.5 Å². The van der Waals surface area contributed by atoms with Gasteiger partial charge in [0.05, 0.1) is 11.3 Å². The number of carboxylic acid groups (broad SMARTS) is 1. The van der Waals surface area contributed by atoms with Crippen molar-refractivity contribution in [2.24, 2.45) is 5.92 Å².